The first-order chi connectivity index (χ1) is 27.8. The van der Waals surface area contributed by atoms with Gasteiger partial charge in [-0.1, -0.05) is 111 Å². The van der Waals surface area contributed by atoms with Crippen LogP contribution in [0.1, 0.15) is 41.5 Å². The van der Waals surface area contributed by atoms with Crippen LogP contribution in [-0.2, 0) is 36.3 Å². The molecule has 2 aliphatic heterocycles. The summed E-state index contributed by atoms with van der Waals surface area (Å²) in [6.45, 7) is 10.9. The average molecular weight is 857 g/mol. The van der Waals surface area contributed by atoms with Crippen LogP contribution in [0, 0.1) is 0 Å². The Morgan fingerprint density at radius 1 is 0.610 bits per heavy atom. The van der Waals surface area contributed by atoms with Gasteiger partial charge in [-0.15, -0.1) is 0 Å². The van der Waals surface area contributed by atoms with Crippen molar-refractivity contribution in [3.8, 4) is 45.6 Å². The van der Waals surface area contributed by atoms with Gasteiger partial charge in [0.05, 0.1) is 36.2 Å². The van der Waals surface area contributed by atoms with Crippen molar-refractivity contribution in [3.05, 3.63) is 97.1 Å². The molecule has 16 heteroatoms. The number of rotatable bonds is 3. The number of hydrogen-bond acceptors (Lipinski definition) is 11. The molecule has 2 N–H and O–H groups in total. The zero-order chi connectivity index (χ0) is 41.6. The number of aliphatic hydroxyl groups is 1. The molecule has 0 atom stereocenters. The third kappa shape index (κ3) is 10.4. The summed E-state index contributed by atoms with van der Waals surface area (Å²) in [4.78, 5) is 49.5. The van der Waals surface area contributed by atoms with Gasteiger partial charge in [-0.25, -0.2) is 23.1 Å². The van der Waals surface area contributed by atoms with Crippen molar-refractivity contribution in [2.75, 3.05) is 19.4 Å². The summed E-state index contributed by atoms with van der Waals surface area (Å²) >= 11 is 0. The number of esters is 1. The molecule has 0 saturated carbocycles. The van der Waals surface area contributed by atoms with Gasteiger partial charge in [0.1, 0.15) is 5.60 Å². The third-order valence-electron chi connectivity index (χ3n) is 8.26. The molecule has 7 aromatic rings. The number of hydrogen-bond donors (Lipinski definition) is 2. The second-order valence-electron chi connectivity index (χ2n) is 13.8. The van der Waals surface area contributed by atoms with Gasteiger partial charge in [0.2, 0.25) is 10.0 Å². The Kier molecular flexibility index (Phi) is 14.1. The van der Waals surface area contributed by atoms with Crippen molar-refractivity contribution >= 4 is 60.1 Å². The van der Waals surface area contributed by atoms with Crippen molar-refractivity contribution in [1.29, 1.82) is 0 Å². The van der Waals surface area contributed by atoms with E-state index in [-0.39, 0.29) is 41.5 Å². The zero-order valence-corrected chi connectivity index (χ0v) is 35.4. The maximum Gasteiger partial charge on any atom is 2.00 e. The molecule has 0 fully saturated rings. The molecule has 0 amide bonds. The fourth-order valence-corrected chi connectivity index (χ4v) is 6.58. The van der Waals surface area contributed by atoms with Crippen molar-refractivity contribution in [3.63, 3.8) is 0 Å². The van der Waals surface area contributed by atoms with Gasteiger partial charge in [-0.05, 0) is 42.3 Å². The molecule has 5 heterocycles. The van der Waals surface area contributed by atoms with Crippen LogP contribution in [0.25, 0.3) is 89.7 Å². The van der Waals surface area contributed by atoms with Crippen molar-refractivity contribution in [2.45, 2.75) is 47.1 Å². The van der Waals surface area contributed by atoms with Crippen molar-refractivity contribution in [1.82, 2.24) is 44.6 Å². The monoisotopic (exact) mass is 856 g/mol. The van der Waals surface area contributed by atoms with E-state index in [4.69, 9.17) is 49.7 Å². The van der Waals surface area contributed by atoms with Crippen LogP contribution in [-0.4, -0.2) is 74.4 Å². The van der Waals surface area contributed by atoms with Crippen molar-refractivity contribution < 1.29 is 39.8 Å². The number of aromatic nitrogens is 8. The van der Waals surface area contributed by atoms with E-state index < -0.39 is 10.0 Å². The van der Waals surface area contributed by atoms with E-state index in [1.165, 1.54) is 6.92 Å². The predicted molar refractivity (Wildman–Crippen MR) is 227 cm³/mol. The fraction of sp³-hybridized carbons (Fsp3) is 0.233. The van der Waals surface area contributed by atoms with Gasteiger partial charge >= 0.3 is 22.7 Å². The van der Waals surface area contributed by atoms with E-state index in [0.29, 0.717) is 45.9 Å². The Balaban J connectivity index is 0.000000296. The first kappa shape index (κ1) is 44.2. The molecule has 9 rings (SSSR count). The van der Waals surface area contributed by atoms with Crippen LogP contribution >= 0.6 is 0 Å². The number of carbonyl (C=O) groups excluding carboxylic acids is 1. The fourth-order valence-electron chi connectivity index (χ4n) is 6.12. The molecular formula is C43H43CoN9O5S. The number of fused-ring (bicyclic) bond motifs is 20. The molecule has 0 aliphatic carbocycles. The minimum atomic E-state index is -3.10. The number of nitrogens with zero attached hydrogens (tertiary/aromatic N) is 8. The maximum atomic E-state index is 10.2. The summed E-state index contributed by atoms with van der Waals surface area (Å²) in [6.07, 6.45) is 1.04. The molecular weight excluding hydrogens is 814 g/mol. The van der Waals surface area contributed by atoms with E-state index in [0.717, 1.165) is 50.1 Å². The Morgan fingerprint density at radius 2 is 0.898 bits per heavy atom. The molecule has 0 saturated heterocycles. The normalized spacial score (nSPS) is 11.3. The standard InChI is InChI=1S/C32H16N8.C6H12O2.C3H9NO3S.C2H6.Co/c1-2-10-18-17(9-1)25-33-26(18)38-28-21-13-5-6-14-22(21)30(35-28)40-32-24-16-8-7-15-23(24)31(36-32)39-29-20-12-4-3-11-19(20)27(34-29)37-25;1-5(7)8-6(2,3)4;1-8(6,7)4-2-3-5;1-2;/h1-16H;1-4H3;4-5H,2-3H2,1H3;1-2H3;/q-2;;;;+2. The van der Waals surface area contributed by atoms with Gasteiger partial charge in [-0.2, -0.15) is 0 Å². The second-order valence-corrected chi connectivity index (χ2v) is 15.6. The second kappa shape index (κ2) is 18.8. The topological polar surface area (TPSA) is 198 Å². The number of aliphatic hydroxyl groups excluding tert-OH is 1. The Hall–Kier alpha value is -5.91. The van der Waals surface area contributed by atoms with Crippen LogP contribution in [0.4, 0.5) is 0 Å². The number of nitrogens with one attached hydrogen (secondary N) is 1. The van der Waals surface area contributed by atoms with Gasteiger partial charge < -0.3 is 39.7 Å². The van der Waals surface area contributed by atoms with Gasteiger partial charge in [0.25, 0.3) is 0 Å². The summed E-state index contributed by atoms with van der Waals surface area (Å²) in [7, 11) is -3.10. The smallest absolute Gasteiger partial charge is 0.460 e. The summed E-state index contributed by atoms with van der Waals surface area (Å²) in [5.41, 5.74) is 5.45. The summed E-state index contributed by atoms with van der Waals surface area (Å²) in [6, 6.07) is 31.8. The van der Waals surface area contributed by atoms with E-state index in [1.807, 2.05) is 132 Å². The molecule has 14 nitrogen and oxygen atoms in total. The van der Waals surface area contributed by atoms with E-state index in [9.17, 15) is 13.2 Å². The van der Waals surface area contributed by atoms with Crippen LogP contribution in [0.2, 0.25) is 0 Å². The maximum absolute atomic E-state index is 10.2. The third-order valence-corrected chi connectivity index (χ3v) is 8.98. The number of carbonyl (C=O) groups is 1. The first-order valence-electron chi connectivity index (χ1n) is 18.6. The average Bonchev–Trinajstić information content (AvgIpc) is 3.93. The van der Waals surface area contributed by atoms with Crippen molar-refractivity contribution in [2.24, 2.45) is 0 Å². The van der Waals surface area contributed by atoms with E-state index in [2.05, 4.69) is 4.72 Å². The zero-order valence-electron chi connectivity index (χ0n) is 33.6. The minimum Gasteiger partial charge on any atom is -0.460 e. The molecule has 4 aromatic carbocycles. The van der Waals surface area contributed by atoms with Gasteiger partial charge in [-0.3, -0.25) is 4.79 Å². The first-order valence-corrected chi connectivity index (χ1v) is 20.5. The molecule has 2 aliphatic rings. The predicted octanol–water partition coefficient (Wildman–Crippen LogP) is 7.03. The largest absolute Gasteiger partial charge is 2.00 e. The van der Waals surface area contributed by atoms with Gasteiger partial charge in [0, 0.05) is 58.3 Å². The molecule has 8 bridgehead atoms. The Bertz CT molecular complexity index is 2590. The summed E-state index contributed by atoms with van der Waals surface area (Å²) < 4.78 is 27.2. The molecule has 3 aromatic heterocycles. The van der Waals surface area contributed by atoms with Gasteiger partial charge in [0.15, 0.2) is 0 Å². The Labute approximate surface area is 352 Å². The molecule has 59 heavy (non-hydrogen) atoms. The van der Waals surface area contributed by atoms with Crippen LogP contribution in [0.5, 0.6) is 0 Å². The van der Waals surface area contributed by atoms with Crippen LogP contribution in [0.3, 0.4) is 0 Å². The van der Waals surface area contributed by atoms with E-state index >= 15 is 0 Å². The Morgan fingerprint density at radius 3 is 1.10 bits per heavy atom. The number of ether oxygens (including phenoxy) is 1. The summed E-state index contributed by atoms with van der Waals surface area (Å²) in [5.74, 6) is 1.98. The minimum absolute atomic E-state index is 0. The SMILES string of the molecule is CC.CC(=O)OC(C)(C)C.CS(=O)(=O)NCCO.[Co+2].c1ccc2c(c1)-c1nc-2nc2[n-]c(nc3nc(nc4[n-]c(n1)c1ccccc41)-c1ccccc1-3)c1ccccc21. The van der Waals surface area contributed by atoms with E-state index in [1.54, 1.807) is 0 Å². The molecule has 0 spiro atoms. The van der Waals surface area contributed by atoms with Crippen LogP contribution in [0.15, 0.2) is 97.1 Å². The summed E-state index contributed by atoms with van der Waals surface area (Å²) in [5, 5.41) is 11.7. The van der Waals surface area contributed by atoms with Crippen LogP contribution < -0.4 is 14.7 Å². The molecule has 1 radical (unpaired) electrons. The number of benzene rings is 4. The molecule has 0 unspecified atom stereocenters. The number of sulfonamides is 1. The molecule has 305 valence electrons. The quantitative estimate of drug-likeness (QED) is 0.172.